The topological polar surface area (TPSA) is 77.4 Å². The zero-order chi connectivity index (χ0) is 27.2. The van der Waals surface area contributed by atoms with Crippen LogP contribution in [0.3, 0.4) is 0 Å². The van der Waals surface area contributed by atoms with Crippen LogP contribution in [-0.4, -0.2) is 27.6 Å². The summed E-state index contributed by atoms with van der Waals surface area (Å²) >= 11 is 0. The normalized spacial score (nSPS) is 10.8. The van der Waals surface area contributed by atoms with Gasteiger partial charge in [-0.05, 0) is 66.3 Å². The van der Waals surface area contributed by atoms with E-state index in [0.29, 0.717) is 5.75 Å². The molecule has 6 heteroatoms. The van der Waals surface area contributed by atoms with Crippen LogP contribution in [0.1, 0.15) is 64.9 Å². The van der Waals surface area contributed by atoms with Crippen molar-refractivity contribution in [2.24, 2.45) is 0 Å². The predicted molar refractivity (Wildman–Crippen MR) is 153 cm³/mol. The highest BCUT2D eigenvalue weighted by Gasteiger charge is 2.32. The van der Waals surface area contributed by atoms with Gasteiger partial charge in [-0.25, -0.2) is 0 Å². The first-order chi connectivity index (χ1) is 18.6. The van der Waals surface area contributed by atoms with Crippen molar-refractivity contribution in [3.8, 4) is 34.3 Å². The first-order valence-corrected chi connectivity index (χ1v) is 13.4. The summed E-state index contributed by atoms with van der Waals surface area (Å²) in [7, 11) is 1.63. The first-order valence-electron chi connectivity index (χ1n) is 13.4. The molecule has 1 heterocycles. The molecular formula is C32H39N3O3. The standard InChI is InChI=1S/C22H30O2.C10H9N3O/c1-4-7-11-17-22(5-2,6-3)19-15-12-16-20(23)21(19)24-18-13-9-8-10-14-18;1-14-10-5-3-2-4-8(10)9-6-7-11-13-12-9/h8-10,12-16,23H,4-7,11,17H2,1-3H3;2-7H,1H3. The van der Waals surface area contributed by atoms with Gasteiger partial charge in [0.05, 0.1) is 13.3 Å². The van der Waals surface area contributed by atoms with Gasteiger partial charge in [0.25, 0.3) is 0 Å². The minimum absolute atomic E-state index is 0.0536. The van der Waals surface area contributed by atoms with Gasteiger partial charge >= 0.3 is 0 Å². The summed E-state index contributed by atoms with van der Waals surface area (Å²) in [6, 6.07) is 24.9. The quantitative estimate of drug-likeness (QED) is 0.203. The monoisotopic (exact) mass is 513 g/mol. The number of benzene rings is 3. The molecule has 1 aromatic heterocycles. The molecule has 0 spiro atoms. The van der Waals surface area contributed by atoms with Crippen molar-refractivity contribution in [3.05, 3.63) is 90.6 Å². The molecule has 200 valence electrons. The maximum absolute atomic E-state index is 10.5. The van der Waals surface area contributed by atoms with Gasteiger partial charge < -0.3 is 14.6 Å². The van der Waals surface area contributed by atoms with Crippen LogP contribution in [0.2, 0.25) is 0 Å². The second kappa shape index (κ2) is 14.7. The molecule has 38 heavy (non-hydrogen) atoms. The maximum atomic E-state index is 10.5. The summed E-state index contributed by atoms with van der Waals surface area (Å²) in [6.45, 7) is 6.72. The molecule has 0 saturated heterocycles. The number of methoxy groups -OCH3 is 1. The molecule has 4 aromatic rings. The van der Waals surface area contributed by atoms with Gasteiger partial charge in [0.2, 0.25) is 0 Å². The summed E-state index contributed by atoms with van der Waals surface area (Å²) in [6.07, 6.45) is 8.49. The molecule has 0 unspecified atom stereocenters. The van der Waals surface area contributed by atoms with Crippen molar-refractivity contribution in [2.45, 2.75) is 64.7 Å². The number of phenolic OH excluding ortho intramolecular Hbond substituents is 1. The van der Waals surface area contributed by atoms with Crippen molar-refractivity contribution in [1.82, 2.24) is 15.4 Å². The maximum Gasteiger partial charge on any atom is 0.172 e. The minimum Gasteiger partial charge on any atom is -0.504 e. The SMILES string of the molecule is CCCCCC(CC)(CC)c1cccc(O)c1Oc1ccccc1.COc1ccccc1-c1ccnnn1. The molecular weight excluding hydrogens is 474 g/mol. The number of phenols is 1. The number of aromatic hydroxyl groups is 1. The molecule has 3 aromatic carbocycles. The van der Waals surface area contributed by atoms with E-state index in [4.69, 9.17) is 9.47 Å². The lowest BCUT2D eigenvalue weighted by atomic mass is 9.71. The van der Waals surface area contributed by atoms with E-state index in [1.165, 1.54) is 19.3 Å². The Morgan fingerprint density at radius 3 is 2.21 bits per heavy atom. The van der Waals surface area contributed by atoms with Crippen LogP contribution in [0.25, 0.3) is 11.3 Å². The molecule has 0 saturated carbocycles. The molecule has 0 amide bonds. The van der Waals surface area contributed by atoms with Crippen LogP contribution in [-0.2, 0) is 5.41 Å². The smallest absolute Gasteiger partial charge is 0.172 e. The van der Waals surface area contributed by atoms with E-state index in [9.17, 15) is 5.11 Å². The van der Waals surface area contributed by atoms with E-state index in [2.05, 4.69) is 42.2 Å². The average Bonchev–Trinajstić information content (AvgIpc) is 2.98. The van der Waals surface area contributed by atoms with E-state index >= 15 is 0 Å². The molecule has 4 rings (SSSR count). The second-order valence-electron chi connectivity index (χ2n) is 9.22. The van der Waals surface area contributed by atoms with E-state index < -0.39 is 0 Å². The van der Waals surface area contributed by atoms with Gasteiger partial charge in [-0.2, -0.15) is 0 Å². The molecule has 0 radical (unpaired) electrons. The molecule has 0 aliphatic rings. The van der Waals surface area contributed by atoms with Gasteiger partial charge in [0, 0.05) is 11.1 Å². The average molecular weight is 514 g/mol. The molecule has 6 nitrogen and oxygen atoms in total. The Morgan fingerprint density at radius 1 is 0.816 bits per heavy atom. The molecule has 0 atom stereocenters. The first kappa shape index (κ1) is 28.6. The fraction of sp³-hybridized carbons (Fsp3) is 0.344. The van der Waals surface area contributed by atoms with Gasteiger partial charge in [-0.1, -0.05) is 82.5 Å². The van der Waals surface area contributed by atoms with Crippen LogP contribution >= 0.6 is 0 Å². The van der Waals surface area contributed by atoms with Gasteiger partial charge in [0.1, 0.15) is 17.2 Å². The van der Waals surface area contributed by atoms with Crippen LogP contribution < -0.4 is 9.47 Å². The van der Waals surface area contributed by atoms with Crippen molar-refractivity contribution in [2.75, 3.05) is 7.11 Å². The fourth-order valence-corrected chi connectivity index (χ4v) is 4.73. The summed E-state index contributed by atoms with van der Waals surface area (Å²) < 4.78 is 11.3. The Balaban J connectivity index is 0.000000241. The van der Waals surface area contributed by atoms with Crippen LogP contribution in [0.4, 0.5) is 0 Å². The Labute approximate surface area is 226 Å². The van der Waals surface area contributed by atoms with Crippen molar-refractivity contribution in [3.63, 3.8) is 0 Å². The number of ether oxygens (including phenoxy) is 2. The zero-order valence-electron chi connectivity index (χ0n) is 22.9. The lowest BCUT2D eigenvalue weighted by Gasteiger charge is -2.34. The molecule has 0 aliphatic heterocycles. The van der Waals surface area contributed by atoms with Crippen molar-refractivity contribution < 1.29 is 14.6 Å². The number of para-hydroxylation sites is 3. The molecule has 0 fully saturated rings. The molecule has 0 bridgehead atoms. The summed E-state index contributed by atoms with van der Waals surface area (Å²) in [5, 5.41) is 21.6. The molecule has 0 aliphatic carbocycles. The second-order valence-corrected chi connectivity index (χ2v) is 9.22. The lowest BCUT2D eigenvalue weighted by Crippen LogP contribution is -2.25. The zero-order valence-corrected chi connectivity index (χ0v) is 22.9. The number of hydrogen-bond acceptors (Lipinski definition) is 6. The Kier molecular flexibility index (Phi) is 11.1. The van der Waals surface area contributed by atoms with Crippen molar-refractivity contribution in [1.29, 1.82) is 0 Å². The number of aromatic nitrogens is 3. The summed E-state index contributed by atoms with van der Waals surface area (Å²) in [5.74, 6) is 2.38. The largest absolute Gasteiger partial charge is 0.504 e. The Morgan fingerprint density at radius 2 is 1.55 bits per heavy atom. The molecule has 1 N–H and O–H groups in total. The number of unbranched alkanes of at least 4 members (excludes halogenated alkanes) is 2. The fourth-order valence-electron chi connectivity index (χ4n) is 4.73. The third kappa shape index (κ3) is 7.31. The van der Waals surface area contributed by atoms with Gasteiger partial charge in [-0.15, -0.1) is 10.2 Å². The number of hydrogen-bond donors (Lipinski definition) is 1. The van der Waals surface area contributed by atoms with E-state index in [-0.39, 0.29) is 11.2 Å². The van der Waals surface area contributed by atoms with Gasteiger partial charge in [-0.3, -0.25) is 0 Å². The Bertz CT molecular complexity index is 1230. The summed E-state index contributed by atoms with van der Waals surface area (Å²) in [4.78, 5) is 0. The van der Waals surface area contributed by atoms with Crippen LogP contribution in [0, 0.1) is 0 Å². The highest BCUT2D eigenvalue weighted by atomic mass is 16.5. The summed E-state index contributed by atoms with van der Waals surface area (Å²) in [5.41, 5.74) is 2.87. The minimum atomic E-state index is 0.0536. The third-order valence-corrected chi connectivity index (χ3v) is 7.03. The highest BCUT2D eigenvalue weighted by Crippen LogP contribution is 2.46. The lowest BCUT2D eigenvalue weighted by molar-refractivity contribution is 0.328. The van der Waals surface area contributed by atoms with E-state index in [0.717, 1.165) is 47.6 Å². The Hall–Kier alpha value is -3.93. The van der Waals surface area contributed by atoms with Crippen LogP contribution in [0.15, 0.2) is 85.1 Å². The highest BCUT2D eigenvalue weighted by molar-refractivity contribution is 5.66. The van der Waals surface area contributed by atoms with E-state index in [1.54, 1.807) is 25.4 Å². The van der Waals surface area contributed by atoms with Crippen LogP contribution in [0.5, 0.6) is 23.0 Å². The number of nitrogens with zero attached hydrogens (tertiary/aromatic N) is 3. The predicted octanol–water partition coefficient (Wildman–Crippen LogP) is 8.37. The van der Waals surface area contributed by atoms with Crippen molar-refractivity contribution >= 4 is 0 Å². The number of rotatable bonds is 11. The van der Waals surface area contributed by atoms with Gasteiger partial charge in [0.15, 0.2) is 11.5 Å². The third-order valence-electron chi connectivity index (χ3n) is 7.03. The van der Waals surface area contributed by atoms with E-state index in [1.807, 2.05) is 60.7 Å².